The van der Waals surface area contributed by atoms with Gasteiger partial charge >= 0.3 is 5.97 Å². The summed E-state index contributed by atoms with van der Waals surface area (Å²) in [6.07, 6.45) is 0.0405. The molecule has 0 saturated carbocycles. The van der Waals surface area contributed by atoms with E-state index in [9.17, 15) is 9.18 Å². The highest BCUT2D eigenvalue weighted by molar-refractivity contribution is 5.68. The van der Waals surface area contributed by atoms with Crippen LogP contribution < -0.4 is 10.6 Å². The average Bonchev–Trinajstić information content (AvgIpc) is 2.25. The Hall–Kier alpha value is -1.46. The van der Waals surface area contributed by atoms with Crippen molar-refractivity contribution in [2.24, 2.45) is 0 Å². The first-order chi connectivity index (χ1) is 8.52. The van der Waals surface area contributed by atoms with E-state index in [-0.39, 0.29) is 18.3 Å². The van der Waals surface area contributed by atoms with Crippen molar-refractivity contribution in [2.75, 3.05) is 13.1 Å². The molecule has 1 aromatic rings. The molecule has 1 aliphatic heterocycles. The van der Waals surface area contributed by atoms with Gasteiger partial charge in [0.15, 0.2) is 0 Å². The van der Waals surface area contributed by atoms with Crippen LogP contribution in [0.1, 0.15) is 24.9 Å². The summed E-state index contributed by atoms with van der Waals surface area (Å²) >= 11 is 0. The maximum atomic E-state index is 13.6. The summed E-state index contributed by atoms with van der Waals surface area (Å²) in [5, 5.41) is 15.2. The Morgan fingerprint density at radius 3 is 2.72 bits per heavy atom. The lowest BCUT2D eigenvalue weighted by atomic mass is 9.87. The minimum Gasteiger partial charge on any atom is -0.481 e. The second-order valence-electron chi connectivity index (χ2n) is 4.84. The predicted molar refractivity (Wildman–Crippen MR) is 65.8 cm³/mol. The van der Waals surface area contributed by atoms with Crippen LogP contribution in [0.5, 0.6) is 0 Å². The van der Waals surface area contributed by atoms with Crippen molar-refractivity contribution in [3.63, 3.8) is 0 Å². The minimum absolute atomic E-state index is 0.0405. The van der Waals surface area contributed by atoms with E-state index in [1.54, 1.807) is 18.2 Å². The van der Waals surface area contributed by atoms with Gasteiger partial charge < -0.3 is 15.7 Å². The fraction of sp³-hybridized carbons (Fsp3) is 0.462. The maximum absolute atomic E-state index is 13.6. The second kappa shape index (κ2) is 5.04. The molecule has 98 valence electrons. The first kappa shape index (κ1) is 13.0. The molecular weight excluding hydrogens is 235 g/mol. The van der Waals surface area contributed by atoms with Gasteiger partial charge in [0.1, 0.15) is 5.82 Å². The van der Waals surface area contributed by atoms with Crippen molar-refractivity contribution < 1.29 is 14.3 Å². The van der Waals surface area contributed by atoms with Gasteiger partial charge in [-0.2, -0.15) is 0 Å². The highest BCUT2D eigenvalue weighted by Crippen LogP contribution is 2.24. The van der Waals surface area contributed by atoms with Crippen molar-refractivity contribution in [1.82, 2.24) is 10.6 Å². The molecule has 0 aliphatic carbocycles. The van der Waals surface area contributed by atoms with Gasteiger partial charge in [0, 0.05) is 24.7 Å². The number of rotatable bonds is 5. The molecule has 0 unspecified atom stereocenters. The summed E-state index contributed by atoms with van der Waals surface area (Å²) in [4.78, 5) is 10.9. The Kier molecular flexibility index (Phi) is 3.63. The number of hydrogen-bond donors (Lipinski definition) is 3. The van der Waals surface area contributed by atoms with E-state index >= 15 is 0 Å². The third-order valence-electron chi connectivity index (χ3n) is 3.31. The normalized spacial score (nSPS) is 19.0. The van der Waals surface area contributed by atoms with Gasteiger partial charge in [-0.1, -0.05) is 18.2 Å². The molecule has 1 fully saturated rings. The van der Waals surface area contributed by atoms with Crippen LogP contribution in [0.4, 0.5) is 4.39 Å². The molecule has 0 aromatic heterocycles. The lowest BCUT2D eigenvalue weighted by Crippen LogP contribution is -2.68. The zero-order valence-corrected chi connectivity index (χ0v) is 10.2. The number of aliphatic carboxylic acids is 1. The largest absolute Gasteiger partial charge is 0.481 e. The molecular formula is C13H17FN2O2. The van der Waals surface area contributed by atoms with Crippen LogP contribution >= 0.6 is 0 Å². The lowest BCUT2D eigenvalue weighted by Gasteiger charge is -2.44. The maximum Gasteiger partial charge on any atom is 0.305 e. The summed E-state index contributed by atoms with van der Waals surface area (Å²) in [5.41, 5.74) is 0.0993. The zero-order valence-electron chi connectivity index (χ0n) is 10.2. The molecule has 5 heteroatoms. The minimum atomic E-state index is -0.843. The smallest absolute Gasteiger partial charge is 0.305 e. The van der Waals surface area contributed by atoms with Gasteiger partial charge in [0.2, 0.25) is 0 Å². The van der Waals surface area contributed by atoms with Crippen molar-refractivity contribution in [3.05, 3.63) is 35.6 Å². The van der Waals surface area contributed by atoms with Crippen LogP contribution in [-0.2, 0) is 4.79 Å². The fourth-order valence-corrected chi connectivity index (χ4v) is 2.36. The van der Waals surface area contributed by atoms with Crippen molar-refractivity contribution >= 4 is 5.97 Å². The molecule has 3 N–H and O–H groups in total. The van der Waals surface area contributed by atoms with Crippen LogP contribution in [0.15, 0.2) is 24.3 Å². The Labute approximate surface area is 105 Å². The van der Waals surface area contributed by atoms with E-state index in [1.165, 1.54) is 6.07 Å². The standard InChI is InChI=1S/C13H17FN2O2/c1-9(10-4-2-3-5-11(10)14)16-13(6-12(17)18)7-15-8-13/h2-5,9,15-16H,6-8H2,1H3,(H,17,18)/t9-/m1/s1. The molecule has 0 radical (unpaired) electrons. The van der Waals surface area contributed by atoms with E-state index in [4.69, 9.17) is 5.11 Å². The fourth-order valence-electron chi connectivity index (χ4n) is 2.36. The molecule has 18 heavy (non-hydrogen) atoms. The predicted octanol–water partition coefficient (Wildman–Crippen LogP) is 1.29. The molecule has 1 saturated heterocycles. The van der Waals surface area contributed by atoms with Gasteiger partial charge in [-0.05, 0) is 13.0 Å². The molecule has 2 rings (SSSR count). The number of nitrogens with one attached hydrogen (secondary N) is 2. The van der Waals surface area contributed by atoms with Gasteiger partial charge in [0.05, 0.1) is 12.0 Å². The number of hydrogen-bond acceptors (Lipinski definition) is 3. The Balaban J connectivity index is 2.08. The first-order valence-electron chi connectivity index (χ1n) is 5.97. The highest BCUT2D eigenvalue weighted by Gasteiger charge is 2.40. The SMILES string of the molecule is C[C@@H](NC1(CC(=O)O)CNC1)c1ccccc1F. The first-order valence-corrected chi connectivity index (χ1v) is 5.97. The molecule has 0 spiro atoms. The number of halogens is 1. The van der Waals surface area contributed by atoms with Crippen molar-refractivity contribution in [2.45, 2.75) is 24.9 Å². The van der Waals surface area contributed by atoms with E-state index in [1.807, 2.05) is 6.92 Å². The zero-order chi connectivity index (χ0) is 13.2. The molecule has 1 aliphatic rings. The highest BCUT2D eigenvalue weighted by atomic mass is 19.1. The summed E-state index contributed by atoms with van der Waals surface area (Å²) in [5.74, 6) is -1.11. The van der Waals surface area contributed by atoms with Crippen LogP contribution in [0.3, 0.4) is 0 Å². The topological polar surface area (TPSA) is 61.4 Å². The Bertz CT molecular complexity index is 446. The van der Waals surface area contributed by atoms with E-state index in [0.717, 1.165) is 0 Å². The number of benzene rings is 1. The van der Waals surface area contributed by atoms with Crippen LogP contribution in [0.25, 0.3) is 0 Å². The molecule has 1 aromatic carbocycles. The van der Waals surface area contributed by atoms with Gasteiger partial charge in [-0.15, -0.1) is 0 Å². The van der Waals surface area contributed by atoms with Crippen molar-refractivity contribution in [1.29, 1.82) is 0 Å². The quantitative estimate of drug-likeness (QED) is 0.739. The van der Waals surface area contributed by atoms with Gasteiger partial charge in [-0.25, -0.2) is 4.39 Å². The van der Waals surface area contributed by atoms with E-state index < -0.39 is 11.5 Å². The summed E-state index contributed by atoms with van der Waals surface area (Å²) in [7, 11) is 0. The molecule has 1 atom stereocenters. The molecule has 0 bridgehead atoms. The van der Waals surface area contributed by atoms with Gasteiger partial charge in [0.25, 0.3) is 0 Å². The second-order valence-corrected chi connectivity index (χ2v) is 4.84. The van der Waals surface area contributed by atoms with Crippen molar-refractivity contribution in [3.8, 4) is 0 Å². The van der Waals surface area contributed by atoms with Crippen LogP contribution in [-0.4, -0.2) is 29.7 Å². The molecule has 0 amide bonds. The third-order valence-corrected chi connectivity index (χ3v) is 3.31. The average molecular weight is 252 g/mol. The number of carbonyl (C=O) groups is 1. The Morgan fingerprint density at radius 1 is 1.56 bits per heavy atom. The van der Waals surface area contributed by atoms with E-state index in [0.29, 0.717) is 18.7 Å². The summed E-state index contributed by atoms with van der Waals surface area (Å²) in [6.45, 7) is 3.04. The Morgan fingerprint density at radius 2 is 2.22 bits per heavy atom. The molecule has 1 heterocycles. The van der Waals surface area contributed by atoms with E-state index in [2.05, 4.69) is 10.6 Å². The third kappa shape index (κ3) is 2.68. The summed E-state index contributed by atoms with van der Waals surface area (Å²) < 4.78 is 13.6. The monoisotopic (exact) mass is 252 g/mol. The van der Waals surface area contributed by atoms with Gasteiger partial charge in [-0.3, -0.25) is 4.79 Å². The van der Waals surface area contributed by atoms with Crippen LogP contribution in [0, 0.1) is 5.82 Å². The van der Waals surface area contributed by atoms with Crippen LogP contribution in [0.2, 0.25) is 0 Å². The number of carboxylic acid groups (broad SMARTS) is 1. The number of carboxylic acids is 1. The molecule has 4 nitrogen and oxygen atoms in total. The lowest BCUT2D eigenvalue weighted by molar-refractivity contribution is -0.139. The summed E-state index contributed by atoms with van der Waals surface area (Å²) in [6, 6.07) is 6.33.